The number of pyridine rings is 1. The maximum atomic E-state index is 12.2. The Morgan fingerprint density at radius 3 is 3.12 bits per heavy atom. The monoisotopic (exact) mass is 324 g/mol. The first-order valence-electron chi connectivity index (χ1n) is 8.26. The van der Waals surface area contributed by atoms with E-state index in [-0.39, 0.29) is 18.0 Å². The zero-order valence-corrected chi connectivity index (χ0v) is 13.8. The lowest BCUT2D eigenvalue weighted by Crippen LogP contribution is -2.41. The van der Waals surface area contributed by atoms with Crippen molar-refractivity contribution in [3.8, 4) is 0 Å². The van der Waals surface area contributed by atoms with Crippen molar-refractivity contribution in [3.63, 3.8) is 0 Å². The number of hydrogen-bond acceptors (Lipinski definition) is 4. The van der Waals surface area contributed by atoms with Gasteiger partial charge in [0.05, 0.1) is 11.9 Å². The minimum Gasteiger partial charge on any atom is -0.346 e. The first-order valence-corrected chi connectivity index (χ1v) is 8.26. The van der Waals surface area contributed by atoms with Crippen molar-refractivity contribution in [3.05, 3.63) is 30.4 Å². The first-order chi connectivity index (χ1) is 11.6. The predicted octanol–water partition coefficient (Wildman–Crippen LogP) is 2.41. The van der Waals surface area contributed by atoms with E-state index in [0.717, 1.165) is 40.5 Å². The Balaban J connectivity index is 1.70. The molecule has 2 amide bonds. The Morgan fingerprint density at radius 2 is 2.29 bits per heavy atom. The average Bonchev–Trinajstić information content (AvgIpc) is 3.22. The standard InChI is InChI=1S/C17H20N6O/c1-10(2)21-17(24)23-6-4-11(9-23)15-14-12(8-20-22-15)7-19-16-13(14)3-5-18-16/h3,5,7-8,10-11H,4,6,9H2,1-2H3,(H,18,19)(H,21,24). The van der Waals surface area contributed by atoms with Crippen molar-refractivity contribution in [2.45, 2.75) is 32.2 Å². The summed E-state index contributed by atoms with van der Waals surface area (Å²) >= 11 is 0. The van der Waals surface area contributed by atoms with Gasteiger partial charge in [-0.2, -0.15) is 10.2 Å². The van der Waals surface area contributed by atoms with Gasteiger partial charge in [0, 0.05) is 53.6 Å². The summed E-state index contributed by atoms with van der Waals surface area (Å²) in [5.74, 6) is 0.194. The number of carbonyl (C=O) groups excluding carboxylic acids is 1. The molecule has 124 valence electrons. The number of nitrogens with zero attached hydrogens (tertiary/aromatic N) is 4. The molecule has 1 aliphatic heterocycles. The van der Waals surface area contributed by atoms with Gasteiger partial charge in [0.15, 0.2) is 0 Å². The second kappa shape index (κ2) is 5.74. The van der Waals surface area contributed by atoms with Crippen LogP contribution in [0.15, 0.2) is 24.7 Å². The summed E-state index contributed by atoms with van der Waals surface area (Å²) in [7, 11) is 0. The molecule has 2 N–H and O–H groups in total. The van der Waals surface area contributed by atoms with Gasteiger partial charge in [0.1, 0.15) is 5.65 Å². The van der Waals surface area contributed by atoms with Crippen LogP contribution in [-0.2, 0) is 0 Å². The highest BCUT2D eigenvalue weighted by Crippen LogP contribution is 2.33. The molecule has 24 heavy (non-hydrogen) atoms. The van der Waals surface area contributed by atoms with Gasteiger partial charge in [-0.1, -0.05) is 0 Å². The average molecular weight is 324 g/mol. The summed E-state index contributed by atoms with van der Waals surface area (Å²) in [6.45, 7) is 5.35. The van der Waals surface area contributed by atoms with E-state index in [1.807, 2.05) is 37.2 Å². The van der Waals surface area contributed by atoms with Crippen LogP contribution in [0.1, 0.15) is 31.9 Å². The van der Waals surface area contributed by atoms with E-state index in [1.165, 1.54) is 0 Å². The minimum atomic E-state index is -0.00541. The van der Waals surface area contributed by atoms with Crippen molar-refractivity contribution >= 4 is 27.8 Å². The van der Waals surface area contributed by atoms with E-state index >= 15 is 0 Å². The SMILES string of the molecule is CC(C)NC(=O)N1CCC(c2nncc3cnc4[nH]ccc4c23)C1. The molecule has 0 aromatic carbocycles. The van der Waals surface area contributed by atoms with Crippen molar-refractivity contribution in [1.29, 1.82) is 0 Å². The van der Waals surface area contributed by atoms with Gasteiger partial charge in [-0.15, -0.1) is 0 Å². The molecule has 3 aromatic rings. The van der Waals surface area contributed by atoms with Crippen LogP contribution in [0, 0.1) is 0 Å². The number of carbonyl (C=O) groups is 1. The molecular weight excluding hydrogens is 304 g/mol. The molecule has 1 fully saturated rings. The molecule has 3 aromatic heterocycles. The van der Waals surface area contributed by atoms with Crippen molar-refractivity contribution in [1.82, 2.24) is 30.4 Å². The topological polar surface area (TPSA) is 86.8 Å². The van der Waals surface area contributed by atoms with E-state index in [0.29, 0.717) is 6.54 Å². The number of fused-ring (bicyclic) bond motifs is 3. The number of rotatable bonds is 2. The number of H-pyrrole nitrogens is 1. The summed E-state index contributed by atoms with van der Waals surface area (Å²) in [6.07, 6.45) is 6.35. The van der Waals surface area contributed by atoms with E-state index in [9.17, 15) is 4.79 Å². The number of aromatic amines is 1. The molecule has 1 aliphatic rings. The van der Waals surface area contributed by atoms with Crippen LogP contribution in [0.3, 0.4) is 0 Å². The lowest BCUT2D eigenvalue weighted by molar-refractivity contribution is 0.205. The Hall–Kier alpha value is -2.70. The molecule has 0 radical (unpaired) electrons. The first kappa shape index (κ1) is 14.9. The summed E-state index contributed by atoms with van der Waals surface area (Å²) in [5.41, 5.74) is 1.81. The zero-order valence-electron chi connectivity index (χ0n) is 13.8. The predicted molar refractivity (Wildman–Crippen MR) is 91.8 cm³/mol. The Labute approximate surface area is 139 Å². The highest BCUT2D eigenvalue weighted by atomic mass is 16.2. The van der Waals surface area contributed by atoms with E-state index in [1.54, 1.807) is 6.20 Å². The maximum absolute atomic E-state index is 12.2. The number of nitrogens with one attached hydrogen (secondary N) is 2. The third-order valence-corrected chi connectivity index (χ3v) is 4.51. The van der Waals surface area contributed by atoms with Crippen LogP contribution in [0.4, 0.5) is 4.79 Å². The van der Waals surface area contributed by atoms with Crippen LogP contribution in [0.2, 0.25) is 0 Å². The Kier molecular flexibility index (Phi) is 3.55. The van der Waals surface area contributed by atoms with Crippen molar-refractivity contribution < 1.29 is 4.79 Å². The molecule has 0 spiro atoms. The molecule has 7 nitrogen and oxygen atoms in total. The molecule has 1 atom stereocenters. The molecule has 1 saturated heterocycles. The molecule has 0 aliphatic carbocycles. The summed E-state index contributed by atoms with van der Waals surface area (Å²) < 4.78 is 0. The fourth-order valence-electron chi connectivity index (χ4n) is 3.40. The molecule has 0 bridgehead atoms. The second-order valence-corrected chi connectivity index (χ2v) is 6.59. The number of aromatic nitrogens is 4. The van der Waals surface area contributed by atoms with Crippen molar-refractivity contribution in [2.75, 3.05) is 13.1 Å². The van der Waals surface area contributed by atoms with Gasteiger partial charge >= 0.3 is 6.03 Å². The third-order valence-electron chi connectivity index (χ3n) is 4.51. The number of hydrogen-bond donors (Lipinski definition) is 2. The molecule has 7 heteroatoms. The fourth-order valence-corrected chi connectivity index (χ4v) is 3.40. The Morgan fingerprint density at radius 1 is 1.42 bits per heavy atom. The van der Waals surface area contributed by atoms with E-state index in [2.05, 4.69) is 25.5 Å². The van der Waals surface area contributed by atoms with Crippen molar-refractivity contribution in [2.24, 2.45) is 0 Å². The van der Waals surface area contributed by atoms with Crippen LogP contribution < -0.4 is 5.32 Å². The quantitative estimate of drug-likeness (QED) is 0.758. The largest absolute Gasteiger partial charge is 0.346 e. The van der Waals surface area contributed by atoms with Crippen LogP contribution in [-0.4, -0.2) is 50.2 Å². The van der Waals surface area contributed by atoms with Gasteiger partial charge in [-0.05, 0) is 26.3 Å². The number of urea groups is 1. The van der Waals surface area contributed by atoms with Gasteiger partial charge in [-0.3, -0.25) is 0 Å². The lowest BCUT2D eigenvalue weighted by atomic mass is 9.98. The van der Waals surface area contributed by atoms with Crippen LogP contribution >= 0.6 is 0 Å². The summed E-state index contributed by atoms with van der Waals surface area (Å²) in [4.78, 5) is 21.7. The lowest BCUT2D eigenvalue weighted by Gasteiger charge is -2.19. The van der Waals surface area contributed by atoms with Gasteiger partial charge < -0.3 is 15.2 Å². The molecule has 4 heterocycles. The minimum absolute atomic E-state index is 0.00541. The molecule has 0 saturated carbocycles. The smallest absolute Gasteiger partial charge is 0.317 e. The van der Waals surface area contributed by atoms with E-state index < -0.39 is 0 Å². The normalized spacial score (nSPS) is 18.0. The number of amides is 2. The van der Waals surface area contributed by atoms with Crippen LogP contribution in [0.5, 0.6) is 0 Å². The summed E-state index contributed by atoms with van der Waals surface area (Å²) in [6, 6.07) is 2.15. The molecule has 4 rings (SSSR count). The maximum Gasteiger partial charge on any atom is 0.317 e. The van der Waals surface area contributed by atoms with Gasteiger partial charge in [-0.25, -0.2) is 9.78 Å². The summed E-state index contributed by atoms with van der Waals surface area (Å²) in [5, 5.41) is 14.7. The fraction of sp³-hybridized carbons (Fsp3) is 0.412. The molecule has 1 unspecified atom stereocenters. The Bertz CT molecular complexity index is 902. The van der Waals surface area contributed by atoms with Gasteiger partial charge in [0.25, 0.3) is 0 Å². The third kappa shape index (κ3) is 2.46. The van der Waals surface area contributed by atoms with Crippen LogP contribution in [0.25, 0.3) is 21.8 Å². The van der Waals surface area contributed by atoms with Gasteiger partial charge in [0.2, 0.25) is 0 Å². The number of likely N-dealkylation sites (tertiary alicyclic amines) is 1. The highest BCUT2D eigenvalue weighted by Gasteiger charge is 2.30. The zero-order chi connectivity index (χ0) is 16.7. The van der Waals surface area contributed by atoms with E-state index in [4.69, 9.17) is 0 Å². The second-order valence-electron chi connectivity index (χ2n) is 6.59. The highest BCUT2D eigenvalue weighted by molar-refractivity contribution is 6.05. The molecular formula is C17H20N6O.